The zero-order valence-corrected chi connectivity index (χ0v) is 20.8. The molecule has 0 fully saturated rings. The number of aromatic nitrogens is 3. The number of para-hydroxylation sites is 2. The van der Waals surface area contributed by atoms with Gasteiger partial charge in [0.05, 0.1) is 23.4 Å². The van der Waals surface area contributed by atoms with Crippen LogP contribution in [0.2, 0.25) is 5.02 Å². The van der Waals surface area contributed by atoms with Crippen LogP contribution in [0.1, 0.15) is 0 Å². The van der Waals surface area contributed by atoms with Gasteiger partial charge in [-0.3, -0.25) is 25.0 Å². The number of thioether (sulfide) groups is 1. The van der Waals surface area contributed by atoms with Crippen LogP contribution >= 0.6 is 34.7 Å². The number of methoxy groups -OCH3 is 1. The standard InChI is InChI=1S/C23H20ClN5O4S2/c1-32-18-6-3-2-5-17(18)29-22(19-7-4-12-34-19)27-28-23(29)35-14-21(31)26-25-20(30)13-33-16-10-8-15(24)9-11-16/h2-12H,13-14H2,1H3,(H,25,30)(H,26,31). The fourth-order valence-electron chi connectivity index (χ4n) is 2.98. The number of hydrogen-bond donors (Lipinski definition) is 2. The fraction of sp³-hybridized carbons (Fsp3) is 0.130. The van der Waals surface area contributed by atoms with E-state index in [1.165, 1.54) is 23.1 Å². The minimum absolute atomic E-state index is 0.00392. The average molecular weight is 530 g/mol. The summed E-state index contributed by atoms with van der Waals surface area (Å²) in [5.74, 6) is 0.849. The molecule has 35 heavy (non-hydrogen) atoms. The average Bonchev–Trinajstić information content (AvgIpc) is 3.56. The van der Waals surface area contributed by atoms with Gasteiger partial charge in [-0.2, -0.15) is 0 Å². The van der Waals surface area contributed by atoms with E-state index in [9.17, 15) is 9.59 Å². The summed E-state index contributed by atoms with van der Waals surface area (Å²) < 4.78 is 12.7. The molecule has 0 spiro atoms. The highest BCUT2D eigenvalue weighted by molar-refractivity contribution is 7.99. The molecule has 0 aliphatic rings. The number of carbonyl (C=O) groups excluding carboxylic acids is 2. The largest absolute Gasteiger partial charge is 0.495 e. The second kappa shape index (κ2) is 11.7. The molecule has 0 atom stereocenters. The normalized spacial score (nSPS) is 10.6. The summed E-state index contributed by atoms with van der Waals surface area (Å²) in [5, 5.41) is 11.7. The van der Waals surface area contributed by atoms with E-state index < -0.39 is 11.8 Å². The fourth-order valence-corrected chi connectivity index (χ4v) is 4.55. The molecule has 12 heteroatoms. The second-order valence-electron chi connectivity index (χ2n) is 6.92. The molecule has 0 bridgehead atoms. The van der Waals surface area contributed by atoms with E-state index in [1.807, 2.05) is 46.3 Å². The van der Waals surface area contributed by atoms with Gasteiger partial charge < -0.3 is 9.47 Å². The Hall–Kier alpha value is -3.54. The van der Waals surface area contributed by atoms with Gasteiger partial charge in [0.25, 0.3) is 5.91 Å². The van der Waals surface area contributed by atoms with Crippen molar-refractivity contribution in [2.24, 2.45) is 0 Å². The lowest BCUT2D eigenvalue weighted by molar-refractivity contribution is -0.128. The van der Waals surface area contributed by atoms with Crippen molar-refractivity contribution in [1.29, 1.82) is 0 Å². The third kappa shape index (κ3) is 6.32. The molecule has 4 rings (SSSR count). The van der Waals surface area contributed by atoms with Crippen LogP contribution in [-0.2, 0) is 9.59 Å². The molecule has 4 aromatic rings. The molecule has 2 amide bonds. The van der Waals surface area contributed by atoms with E-state index in [1.54, 1.807) is 31.4 Å². The number of rotatable bonds is 9. The van der Waals surface area contributed by atoms with E-state index >= 15 is 0 Å². The monoisotopic (exact) mass is 529 g/mol. The highest BCUT2D eigenvalue weighted by Gasteiger charge is 2.20. The van der Waals surface area contributed by atoms with Crippen LogP contribution in [0.4, 0.5) is 0 Å². The maximum absolute atomic E-state index is 12.4. The van der Waals surface area contributed by atoms with E-state index in [-0.39, 0.29) is 12.4 Å². The maximum atomic E-state index is 12.4. The first-order valence-corrected chi connectivity index (χ1v) is 12.5. The van der Waals surface area contributed by atoms with Crippen LogP contribution in [0.5, 0.6) is 11.5 Å². The minimum Gasteiger partial charge on any atom is -0.495 e. The molecule has 180 valence electrons. The highest BCUT2D eigenvalue weighted by Crippen LogP contribution is 2.33. The Kier molecular flexibility index (Phi) is 8.24. The lowest BCUT2D eigenvalue weighted by atomic mass is 10.3. The SMILES string of the molecule is COc1ccccc1-n1c(SCC(=O)NNC(=O)COc2ccc(Cl)cc2)nnc1-c1cccs1. The van der Waals surface area contributed by atoms with Gasteiger partial charge in [0.2, 0.25) is 5.91 Å². The van der Waals surface area contributed by atoms with Crippen LogP contribution in [0.25, 0.3) is 16.4 Å². The summed E-state index contributed by atoms with van der Waals surface area (Å²) in [5.41, 5.74) is 5.45. The lowest BCUT2D eigenvalue weighted by Gasteiger charge is -2.13. The van der Waals surface area contributed by atoms with Crippen LogP contribution in [0.3, 0.4) is 0 Å². The van der Waals surface area contributed by atoms with Gasteiger partial charge in [0.1, 0.15) is 11.5 Å². The smallest absolute Gasteiger partial charge is 0.276 e. The van der Waals surface area contributed by atoms with Gasteiger partial charge >= 0.3 is 0 Å². The molecule has 2 heterocycles. The number of benzene rings is 2. The van der Waals surface area contributed by atoms with Crippen molar-refractivity contribution in [3.63, 3.8) is 0 Å². The van der Waals surface area contributed by atoms with Crippen LogP contribution < -0.4 is 20.3 Å². The Labute approximate surface area is 214 Å². The van der Waals surface area contributed by atoms with E-state index in [0.29, 0.717) is 27.5 Å². The number of ether oxygens (including phenoxy) is 2. The van der Waals surface area contributed by atoms with Crippen molar-refractivity contribution >= 4 is 46.5 Å². The number of thiophene rings is 1. The van der Waals surface area contributed by atoms with E-state index in [2.05, 4.69) is 21.0 Å². The first kappa shape index (κ1) is 24.6. The third-order valence-electron chi connectivity index (χ3n) is 4.56. The van der Waals surface area contributed by atoms with E-state index in [0.717, 1.165) is 10.6 Å². The maximum Gasteiger partial charge on any atom is 0.276 e. The molecule has 0 unspecified atom stereocenters. The number of hydrazine groups is 1. The number of nitrogens with zero attached hydrogens (tertiary/aromatic N) is 3. The Morgan fingerprint density at radius 2 is 1.80 bits per heavy atom. The Balaban J connectivity index is 1.38. The van der Waals surface area contributed by atoms with Crippen LogP contribution in [0, 0.1) is 0 Å². The molecule has 0 aliphatic heterocycles. The molecule has 0 aliphatic carbocycles. The Morgan fingerprint density at radius 3 is 2.54 bits per heavy atom. The van der Waals surface area contributed by atoms with Crippen molar-refractivity contribution in [2.75, 3.05) is 19.5 Å². The van der Waals surface area contributed by atoms with E-state index in [4.69, 9.17) is 21.1 Å². The summed E-state index contributed by atoms with van der Waals surface area (Å²) in [6.07, 6.45) is 0. The number of amides is 2. The molecular formula is C23H20ClN5O4S2. The predicted molar refractivity (Wildman–Crippen MR) is 135 cm³/mol. The highest BCUT2D eigenvalue weighted by atomic mass is 35.5. The number of nitrogens with one attached hydrogen (secondary N) is 2. The summed E-state index contributed by atoms with van der Waals surface area (Å²) in [6.45, 7) is -0.263. The van der Waals surface area contributed by atoms with Crippen molar-refractivity contribution in [3.05, 3.63) is 71.1 Å². The van der Waals surface area contributed by atoms with Gasteiger partial charge in [-0.05, 0) is 47.8 Å². The number of carbonyl (C=O) groups is 2. The second-order valence-corrected chi connectivity index (χ2v) is 9.24. The molecule has 2 N–H and O–H groups in total. The molecule has 2 aromatic heterocycles. The summed E-state index contributed by atoms with van der Waals surface area (Å²) >= 11 is 8.53. The molecule has 9 nitrogen and oxygen atoms in total. The van der Waals surface area contributed by atoms with Crippen molar-refractivity contribution in [3.8, 4) is 27.9 Å². The quantitative estimate of drug-likeness (QED) is 0.249. The first-order valence-electron chi connectivity index (χ1n) is 10.3. The lowest BCUT2D eigenvalue weighted by Crippen LogP contribution is -2.44. The zero-order chi connectivity index (χ0) is 24.6. The molecule has 0 saturated carbocycles. The number of halogens is 1. The molecule has 2 aromatic carbocycles. The molecule has 0 radical (unpaired) electrons. The van der Waals surface area contributed by atoms with Gasteiger partial charge in [-0.25, -0.2) is 0 Å². The molecular weight excluding hydrogens is 510 g/mol. The van der Waals surface area contributed by atoms with Crippen LogP contribution in [-0.4, -0.2) is 46.0 Å². The zero-order valence-electron chi connectivity index (χ0n) is 18.4. The van der Waals surface area contributed by atoms with Gasteiger partial charge in [-0.1, -0.05) is 41.6 Å². The van der Waals surface area contributed by atoms with Crippen LogP contribution in [0.15, 0.2) is 71.2 Å². The third-order valence-corrected chi connectivity index (χ3v) is 6.60. The summed E-state index contributed by atoms with van der Waals surface area (Å²) in [6, 6.07) is 18.0. The van der Waals surface area contributed by atoms with Gasteiger partial charge in [0.15, 0.2) is 17.6 Å². The predicted octanol–water partition coefficient (Wildman–Crippen LogP) is 3.98. The summed E-state index contributed by atoms with van der Waals surface area (Å²) in [4.78, 5) is 25.3. The number of hydrogen-bond acceptors (Lipinski definition) is 8. The Morgan fingerprint density at radius 1 is 1.03 bits per heavy atom. The van der Waals surface area contributed by atoms with Crippen molar-refractivity contribution in [1.82, 2.24) is 25.6 Å². The summed E-state index contributed by atoms with van der Waals surface area (Å²) in [7, 11) is 1.59. The van der Waals surface area contributed by atoms with Gasteiger partial charge in [0, 0.05) is 5.02 Å². The van der Waals surface area contributed by atoms with Gasteiger partial charge in [-0.15, -0.1) is 21.5 Å². The van der Waals surface area contributed by atoms with Crippen molar-refractivity contribution in [2.45, 2.75) is 5.16 Å². The first-order chi connectivity index (χ1) is 17.0. The minimum atomic E-state index is -0.504. The topological polar surface area (TPSA) is 107 Å². The molecule has 0 saturated heterocycles. The Bertz CT molecular complexity index is 1300. The van der Waals surface area contributed by atoms with Crippen molar-refractivity contribution < 1.29 is 19.1 Å².